The van der Waals surface area contributed by atoms with Crippen LogP contribution in [0.1, 0.15) is 105 Å². The van der Waals surface area contributed by atoms with E-state index in [4.69, 9.17) is 19.9 Å². The van der Waals surface area contributed by atoms with Crippen LogP contribution in [0.3, 0.4) is 0 Å². The zero-order valence-electron chi connectivity index (χ0n) is 23.0. The van der Waals surface area contributed by atoms with E-state index in [9.17, 15) is 19.8 Å². The number of aliphatic hydroxyl groups excluding tert-OH is 2. The Kier molecular flexibility index (Phi) is 16.4. The van der Waals surface area contributed by atoms with Crippen LogP contribution in [0.2, 0.25) is 0 Å². The largest absolute Gasteiger partial charge is 0.457 e. The fraction of sp³-hybridized carbons (Fsp3) is 0.926. The first kappa shape index (κ1) is 32.8. The summed E-state index contributed by atoms with van der Waals surface area (Å²) in [6.45, 7) is 8.55. The van der Waals surface area contributed by atoms with E-state index in [1.807, 2.05) is 20.8 Å². The van der Waals surface area contributed by atoms with Gasteiger partial charge in [-0.15, -0.1) is 0 Å². The van der Waals surface area contributed by atoms with Crippen molar-refractivity contribution in [2.75, 3.05) is 19.8 Å². The van der Waals surface area contributed by atoms with Crippen molar-refractivity contribution < 1.29 is 34.0 Å². The van der Waals surface area contributed by atoms with Gasteiger partial charge in [-0.3, -0.25) is 9.59 Å². The molecule has 1 heterocycles. The minimum atomic E-state index is -1.29. The first-order valence-electron chi connectivity index (χ1n) is 13.9. The van der Waals surface area contributed by atoms with Gasteiger partial charge < -0.3 is 35.5 Å². The SMILES string of the molecule is CCCCCCCCCO[C@@H]1O[C@H](CO)[C@@H](OC(=O)CCCCCN)[C@H](O)[C@H]1NC(=O)CC(C)(C)C. The summed E-state index contributed by atoms with van der Waals surface area (Å²) in [6.07, 6.45) is 6.24. The van der Waals surface area contributed by atoms with Gasteiger partial charge >= 0.3 is 5.97 Å². The van der Waals surface area contributed by atoms with E-state index in [-0.39, 0.29) is 24.2 Å². The maximum atomic E-state index is 12.7. The molecule has 0 aliphatic carbocycles. The van der Waals surface area contributed by atoms with Crippen LogP contribution in [-0.2, 0) is 23.8 Å². The number of ether oxygens (including phenoxy) is 3. The lowest BCUT2D eigenvalue weighted by molar-refractivity contribution is -0.274. The van der Waals surface area contributed by atoms with Crippen LogP contribution in [0.15, 0.2) is 0 Å². The lowest BCUT2D eigenvalue weighted by atomic mass is 9.91. The van der Waals surface area contributed by atoms with Crippen molar-refractivity contribution in [2.45, 2.75) is 135 Å². The molecule has 1 aliphatic heterocycles. The Morgan fingerprint density at radius 2 is 1.64 bits per heavy atom. The van der Waals surface area contributed by atoms with E-state index < -0.39 is 43.2 Å². The molecule has 5 atom stereocenters. The first-order valence-corrected chi connectivity index (χ1v) is 13.9. The standard InChI is InChI=1S/C27H52N2O7/c1-5-6-7-8-9-10-14-17-34-26-23(29-21(31)18-27(2,3)4)24(33)25(20(19-30)35-26)36-22(32)15-12-11-13-16-28/h20,23-26,30,33H,5-19,28H2,1-4H3,(H,29,31)/t20-,23-,24-,25-,26-/m1/s1. The summed E-state index contributed by atoms with van der Waals surface area (Å²) in [5.41, 5.74) is 5.24. The predicted molar refractivity (Wildman–Crippen MR) is 139 cm³/mol. The molecule has 5 N–H and O–H groups in total. The number of amides is 1. The number of hydrogen-bond acceptors (Lipinski definition) is 8. The maximum absolute atomic E-state index is 12.7. The molecule has 36 heavy (non-hydrogen) atoms. The van der Waals surface area contributed by atoms with Gasteiger partial charge in [-0.2, -0.15) is 0 Å². The van der Waals surface area contributed by atoms with Gasteiger partial charge in [-0.05, 0) is 31.2 Å². The second-order valence-corrected chi connectivity index (χ2v) is 11.1. The molecule has 1 fully saturated rings. The lowest BCUT2D eigenvalue weighted by Gasteiger charge is -2.43. The zero-order valence-corrected chi connectivity index (χ0v) is 23.0. The summed E-state index contributed by atoms with van der Waals surface area (Å²) in [4.78, 5) is 25.1. The highest BCUT2D eigenvalue weighted by molar-refractivity contribution is 5.77. The van der Waals surface area contributed by atoms with Crippen molar-refractivity contribution in [3.8, 4) is 0 Å². The van der Waals surface area contributed by atoms with Gasteiger partial charge in [0, 0.05) is 19.4 Å². The highest BCUT2D eigenvalue weighted by Gasteiger charge is 2.48. The normalized spacial score (nSPS) is 24.5. The molecule has 0 aromatic heterocycles. The molecule has 1 amide bonds. The Morgan fingerprint density at radius 3 is 2.25 bits per heavy atom. The Hall–Kier alpha value is -1.26. The van der Waals surface area contributed by atoms with E-state index in [0.717, 1.165) is 32.1 Å². The van der Waals surface area contributed by atoms with E-state index >= 15 is 0 Å². The van der Waals surface area contributed by atoms with Crippen molar-refractivity contribution >= 4 is 11.9 Å². The number of nitrogens with two attached hydrogens (primary N) is 1. The summed E-state index contributed by atoms with van der Waals surface area (Å²) in [7, 11) is 0. The lowest BCUT2D eigenvalue weighted by Crippen LogP contribution is -2.65. The summed E-state index contributed by atoms with van der Waals surface area (Å²) < 4.78 is 17.4. The summed E-state index contributed by atoms with van der Waals surface area (Å²) in [5, 5.41) is 23.9. The molecule has 1 rings (SSSR count). The van der Waals surface area contributed by atoms with Gasteiger partial charge in [0.2, 0.25) is 5.91 Å². The number of nitrogens with one attached hydrogen (secondary N) is 1. The Labute approximate surface area is 217 Å². The van der Waals surface area contributed by atoms with E-state index in [1.54, 1.807) is 0 Å². The van der Waals surface area contributed by atoms with Gasteiger partial charge in [0.1, 0.15) is 18.2 Å². The minimum Gasteiger partial charge on any atom is -0.457 e. The van der Waals surface area contributed by atoms with Crippen LogP contribution in [0, 0.1) is 5.41 Å². The Balaban J connectivity index is 2.78. The quantitative estimate of drug-likeness (QED) is 0.161. The molecule has 1 aliphatic rings. The van der Waals surface area contributed by atoms with Crippen LogP contribution < -0.4 is 11.1 Å². The molecule has 1 saturated heterocycles. The highest BCUT2D eigenvalue weighted by atomic mass is 16.7. The number of unbranched alkanes of at least 4 members (excludes halogenated alkanes) is 8. The monoisotopic (exact) mass is 516 g/mol. The number of hydrogen-bond donors (Lipinski definition) is 4. The first-order chi connectivity index (χ1) is 17.1. The van der Waals surface area contributed by atoms with Gasteiger partial charge in [-0.1, -0.05) is 72.6 Å². The fourth-order valence-corrected chi connectivity index (χ4v) is 4.29. The number of esters is 1. The van der Waals surface area contributed by atoms with Crippen molar-refractivity contribution in [1.82, 2.24) is 5.32 Å². The van der Waals surface area contributed by atoms with Crippen LogP contribution in [0.25, 0.3) is 0 Å². The Morgan fingerprint density at radius 1 is 1.00 bits per heavy atom. The zero-order chi connectivity index (χ0) is 27.0. The highest BCUT2D eigenvalue weighted by Crippen LogP contribution is 2.27. The average molecular weight is 517 g/mol. The molecule has 0 unspecified atom stereocenters. The topological polar surface area (TPSA) is 140 Å². The third-order valence-electron chi connectivity index (χ3n) is 6.25. The third kappa shape index (κ3) is 13.3. The van der Waals surface area contributed by atoms with Gasteiger partial charge in [0.25, 0.3) is 0 Å². The fourth-order valence-electron chi connectivity index (χ4n) is 4.29. The number of carbonyl (C=O) groups is 2. The molecule has 0 aromatic carbocycles. The van der Waals surface area contributed by atoms with Crippen molar-refractivity contribution in [2.24, 2.45) is 11.1 Å². The van der Waals surface area contributed by atoms with E-state index in [2.05, 4.69) is 12.2 Å². The molecule has 0 spiro atoms. The summed E-state index contributed by atoms with van der Waals surface area (Å²) in [6, 6.07) is -0.928. The van der Waals surface area contributed by atoms with E-state index in [1.165, 1.54) is 25.7 Å². The molecule has 9 nitrogen and oxygen atoms in total. The van der Waals surface area contributed by atoms with Gasteiger partial charge in [-0.25, -0.2) is 0 Å². The van der Waals surface area contributed by atoms with E-state index in [0.29, 0.717) is 19.6 Å². The molecular formula is C27H52N2O7. The summed E-state index contributed by atoms with van der Waals surface area (Å²) in [5.74, 6) is -0.741. The molecule has 0 aromatic rings. The predicted octanol–water partition coefficient (Wildman–Crippen LogP) is 3.18. The van der Waals surface area contributed by atoms with Crippen LogP contribution in [0.4, 0.5) is 0 Å². The van der Waals surface area contributed by atoms with Gasteiger partial charge in [0.05, 0.1) is 6.61 Å². The molecule has 0 radical (unpaired) electrons. The van der Waals surface area contributed by atoms with Crippen LogP contribution in [-0.4, -0.2) is 72.5 Å². The minimum absolute atomic E-state index is 0.181. The molecule has 0 saturated carbocycles. The second kappa shape index (κ2) is 18.1. The van der Waals surface area contributed by atoms with Crippen molar-refractivity contribution in [1.29, 1.82) is 0 Å². The Bertz CT molecular complexity index is 611. The summed E-state index contributed by atoms with van der Waals surface area (Å²) >= 11 is 0. The second-order valence-electron chi connectivity index (χ2n) is 11.1. The smallest absolute Gasteiger partial charge is 0.306 e. The molecular weight excluding hydrogens is 464 g/mol. The molecule has 212 valence electrons. The van der Waals surface area contributed by atoms with Crippen molar-refractivity contribution in [3.63, 3.8) is 0 Å². The molecule has 9 heteroatoms. The van der Waals surface area contributed by atoms with Gasteiger partial charge in [0.15, 0.2) is 12.4 Å². The van der Waals surface area contributed by atoms with Crippen LogP contribution in [0.5, 0.6) is 0 Å². The average Bonchev–Trinajstić information content (AvgIpc) is 2.81. The molecule has 0 bridgehead atoms. The number of aliphatic hydroxyl groups is 2. The number of carbonyl (C=O) groups excluding carboxylic acids is 2. The number of rotatable bonds is 18. The van der Waals surface area contributed by atoms with Crippen LogP contribution >= 0.6 is 0 Å². The van der Waals surface area contributed by atoms with Crippen molar-refractivity contribution in [3.05, 3.63) is 0 Å². The third-order valence-corrected chi connectivity index (χ3v) is 6.25. The maximum Gasteiger partial charge on any atom is 0.306 e.